The van der Waals surface area contributed by atoms with Gasteiger partial charge in [-0.15, -0.1) is 0 Å². The van der Waals surface area contributed by atoms with E-state index in [2.05, 4.69) is 67.2 Å². The zero-order chi connectivity index (χ0) is 12.2. The van der Waals surface area contributed by atoms with Crippen LogP contribution in [0.5, 0.6) is 0 Å². The summed E-state index contributed by atoms with van der Waals surface area (Å²) >= 11 is 0. The summed E-state index contributed by atoms with van der Waals surface area (Å²) in [6.07, 6.45) is 1.04. The van der Waals surface area contributed by atoms with Crippen LogP contribution in [0.2, 0.25) is 0 Å². The third-order valence-electron chi connectivity index (χ3n) is 3.62. The van der Waals surface area contributed by atoms with E-state index < -0.39 is 0 Å². The predicted molar refractivity (Wildman–Crippen MR) is 76.8 cm³/mol. The molecule has 0 spiro atoms. The Morgan fingerprint density at radius 3 is 2.67 bits per heavy atom. The summed E-state index contributed by atoms with van der Waals surface area (Å²) < 4.78 is 0. The lowest BCUT2D eigenvalue weighted by Crippen LogP contribution is -2.31. The van der Waals surface area contributed by atoms with E-state index >= 15 is 0 Å². The highest BCUT2D eigenvalue weighted by Crippen LogP contribution is 2.23. The molecule has 0 bridgehead atoms. The summed E-state index contributed by atoms with van der Waals surface area (Å²) in [6.45, 7) is 2.07. The molecule has 0 saturated heterocycles. The molecule has 0 aliphatic carbocycles. The van der Waals surface area contributed by atoms with Crippen LogP contribution in [-0.4, -0.2) is 13.8 Å². The quantitative estimate of drug-likeness (QED) is 0.805. The van der Waals surface area contributed by atoms with E-state index in [-0.39, 0.29) is 0 Å². The lowest BCUT2D eigenvalue weighted by atomic mass is 9.56. The Morgan fingerprint density at radius 1 is 1.00 bits per heavy atom. The lowest BCUT2D eigenvalue weighted by molar-refractivity contribution is 0.625. The number of nitrogens with one attached hydrogen (secondary N) is 1. The van der Waals surface area contributed by atoms with E-state index in [0.29, 0.717) is 5.82 Å². The fourth-order valence-corrected chi connectivity index (χ4v) is 2.63. The first-order valence-electron chi connectivity index (χ1n) is 6.59. The molecule has 0 aromatic heterocycles. The van der Waals surface area contributed by atoms with Gasteiger partial charge in [0.2, 0.25) is 0 Å². The van der Waals surface area contributed by atoms with E-state index in [1.54, 1.807) is 0 Å². The van der Waals surface area contributed by atoms with Crippen LogP contribution in [0, 0.1) is 0 Å². The van der Waals surface area contributed by atoms with Crippen molar-refractivity contribution in [1.82, 2.24) is 5.32 Å². The Labute approximate surface area is 109 Å². The van der Waals surface area contributed by atoms with E-state index in [0.717, 1.165) is 19.4 Å². The van der Waals surface area contributed by atoms with Gasteiger partial charge in [-0.2, -0.15) is 0 Å². The SMILES string of the molecule is [B](Cc1ccccc1)C1CNCc2ccccc21. The van der Waals surface area contributed by atoms with Gasteiger partial charge < -0.3 is 5.32 Å². The molecular weight excluding hydrogens is 217 g/mol. The maximum Gasteiger partial charge on any atom is 0.127 e. The van der Waals surface area contributed by atoms with E-state index in [1.165, 1.54) is 16.7 Å². The Balaban J connectivity index is 1.71. The van der Waals surface area contributed by atoms with Crippen molar-refractivity contribution in [1.29, 1.82) is 0 Å². The molecule has 1 unspecified atom stereocenters. The van der Waals surface area contributed by atoms with Gasteiger partial charge in [0, 0.05) is 6.54 Å². The zero-order valence-corrected chi connectivity index (χ0v) is 10.5. The average Bonchev–Trinajstić information content (AvgIpc) is 2.46. The second kappa shape index (κ2) is 5.41. The highest BCUT2D eigenvalue weighted by molar-refractivity contribution is 6.37. The van der Waals surface area contributed by atoms with Gasteiger partial charge in [0.1, 0.15) is 7.28 Å². The van der Waals surface area contributed by atoms with Gasteiger partial charge in [0.05, 0.1) is 0 Å². The van der Waals surface area contributed by atoms with Gasteiger partial charge >= 0.3 is 0 Å². The van der Waals surface area contributed by atoms with Gasteiger partial charge in [0.25, 0.3) is 0 Å². The van der Waals surface area contributed by atoms with Crippen LogP contribution in [0.3, 0.4) is 0 Å². The third kappa shape index (κ3) is 2.49. The first kappa shape index (κ1) is 11.5. The van der Waals surface area contributed by atoms with Crippen molar-refractivity contribution in [2.24, 2.45) is 0 Å². The smallest absolute Gasteiger partial charge is 0.127 e. The number of benzene rings is 2. The summed E-state index contributed by atoms with van der Waals surface area (Å²) in [6, 6.07) is 19.4. The second-order valence-electron chi connectivity index (χ2n) is 4.86. The van der Waals surface area contributed by atoms with Gasteiger partial charge in [0.15, 0.2) is 0 Å². The van der Waals surface area contributed by atoms with Crippen molar-refractivity contribution < 1.29 is 0 Å². The van der Waals surface area contributed by atoms with Crippen molar-refractivity contribution in [2.45, 2.75) is 18.7 Å². The Hall–Kier alpha value is -1.54. The molecule has 1 aliphatic rings. The largest absolute Gasteiger partial charge is 0.313 e. The van der Waals surface area contributed by atoms with Crippen molar-refractivity contribution in [3.05, 3.63) is 71.3 Å². The van der Waals surface area contributed by atoms with Crippen molar-refractivity contribution >= 4 is 7.28 Å². The Kier molecular flexibility index (Phi) is 3.47. The molecule has 1 aliphatic heterocycles. The maximum atomic E-state index is 3.50. The third-order valence-corrected chi connectivity index (χ3v) is 3.62. The van der Waals surface area contributed by atoms with Crippen LogP contribution in [0.15, 0.2) is 54.6 Å². The molecule has 1 N–H and O–H groups in total. The number of hydrogen-bond donors (Lipinski definition) is 1. The molecule has 0 fully saturated rings. The minimum Gasteiger partial charge on any atom is -0.313 e. The van der Waals surface area contributed by atoms with Gasteiger partial charge in [-0.3, -0.25) is 0 Å². The normalized spacial score (nSPS) is 18.1. The highest BCUT2D eigenvalue weighted by Gasteiger charge is 2.19. The van der Waals surface area contributed by atoms with Crippen LogP contribution in [0.25, 0.3) is 0 Å². The lowest BCUT2D eigenvalue weighted by Gasteiger charge is -2.26. The minimum absolute atomic E-state index is 0.537. The molecule has 89 valence electrons. The predicted octanol–water partition coefficient (Wildman–Crippen LogP) is 2.74. The summed E-state index contributed by atoms with van der Waals surface area (Å²) in [5.41, 5.74) is 4.32. The van der Waals surface area contributed by atoms with Crippen LogP contribution in [0.1, 0.15) is 22.5 Å². The molecule has 3 rings (SSSR count). The highest BCUT2D eigenvalue weighted by atomic mass is 14.9. The topological polar surface area (TPSA) is 12.0 Å². The van der Waals surface area contributed by atoms with Crippen LogP contribution >= 0.6 is 0 Å². The molecule has 1 atom stereocenters. The molecular formula is C16H17BN. The summed E-state index contributed by atoms with van der Waals surface area (Å²) in [7, 11) is 2.43. The fraction of sp³-hybridized carbons (Fsp3) is 0.250. The standard InChI is InChI=1S/C16H17BN/c1-2-6-13(7-3-1)10-17-16-12-18-11-14-8-4-5-9-15(14)16/h1-9,16,18H,10-12H2. The molecule has 1 radical (unpaired) electrons. The fourth-order valence-electron chi connectivity index (χ4n) is 2.63. The molecule has 0 saturated carbocycles. The molecule has 1 nitrogen and oxygen atoms in total. The molecule has 1 heterocycles. The first-order valence-corrected chi connectivity index (χ1v) is 6.59. The van der Waals surface area contributed by atoms with Crippen molar-refractivity contribution in [3.8, 4) is 0 Å². The number of rotatable bonds is 3. The zero-order valence-electron chi connectivity index (χ0n) is 10.5. The summed E-state index contributed by atoms with van der Waals surface area (Å²) in [4.78, 5) is 0. The number of hydrogen-bond acceptors (Lipinski definition) is 1. The molecule has 2 aromatic rings. The molecule has 2 aromatic carbocycles. The monoisotopic (exact) mass is 234 g/mol. The summed E-state index contributed by atoms with van der Waals surface area (Å²) in [5.74, 6) is 0.537. The first-order chi connectivity index (χ1) is 8.93. The second-order valence-corrected chi connectivity index (χ2v) is 4.86. The van der Waals surface area contributed by atoms with Crippen LogP contribution < -0.4 is 5.32 Å². The molecule has 0 amide bonds. The van der Waals surface area contributed by atoms with Gasteiger partial charge in [-0.05, 0) is 23.5 Å². The van der Waals surface area contributed by atoms with E-state index in [1.807, 2.05) is 0 Å². The van der Waals surface area contributed by atoms with E-state index in [4.69, 9.17) is 0 Å². The summed E-state index contributed by atoms with van der Waals surface area (Å²) in [5, 5.41) is 3.50. The van der Waals surface area contributed by atoms with Crippen LogP contribution in [0.4, 0.5) is 0 Å². The van der Waals surface area contributed by atoms with E-state index in [9.17, 15) is 0 Å². The Morgan fingerprint density at radius 2 is 1.78 bits per heavy atom. The van der Waals surface area contributed by atoms with Gasteiger partial charge in [-0.1, -0.05) is 66.5 Å². The molecule has 18 heavy (non-hydrogen) atoms. The average molecular weight is 234 g/mol. The van der Waals surface area contributed by atoms with Crippen molar-refractivity contribution in [2.75, 3.05) is 6.54 Å². The van der Waals surface area contributed by atoms with Gasteiger partial charge in [-0.25, -0.2) is 0 Å². The molecule has 2 heteroatoms. The van der Waals surface area contributed by atoms with Crippen LogP contribution in [-0.2, 0) is 12.9 Å². The maximum absolute atomic E-state index is 3.50. The van der Waals surface area contributed by atoms with Crippen molar-refractivity contribution in [3.63, 3.8) is 0 Å². The Bertz CT molecular complexity index is 510. The minimum atomic E-state index is 0.537. The number of fused-ring (bicyclic) bond motifs is 1.